The normalized spacial score (nSPS) is 13.5. The average molecular weight is 307 g/mol. The summed E-state index contributed by atoms with van der Waals surface area (Å²) < 4.78 is 44.2. The lowest BCUT2D eigenvalue weighted by Crippen LogP contribution is -2.23. The molecule has 1 unspecified atom stereocenters. The van der Waals surface area contributed by atoms with Crippen LogP contribution in [0.15, 0.2) is 23.1 Å². The van der Waals surface area contributed by atoms with Crippen LogP contribution in [0.3, 0.4) is 0 Å². The van der Waals surface area contributed by atoms with Crippen LogP contribution in [0.1, 0.15) is 24.5 Å². The second kappa shape index (κ2) is 7.90. The standard InChI is InChI=1S/C14H20F3NOS/c1-3-11(18)8-10-4-5-12(20-7-6-19-2)9-13(10)14(15,16)17/h4-5,9,11H,3,6-8,18H2,1-2H3. The van der Waals surface area contributed by atoms with Crippen LogP contribution in [0.2, 0.25) is 0 Å². The lowest BCUT2D eigenvalue weighted by Gasteiger charge is -2.17. The Hall–Kier alpha value is -0.720. The summed E-state index contributed by atoms with van der Waals surface area (Å²) in [6.45, 7) is 2.38. The maximum atomic E-state index is 13.1. The molecule has 114 valence electrons. The van der Waals surface area contributed by atoms with Crippen molar-refractivity contribution >= 4 is 11.8 Å². The lowest BCUT2D eigenvalue weighted by molar-refractivity contribution is -0.138. The number of alkyl halides is 3. The van der Waals surface area contributed by atoms with Gasteiger partial charge in [-0.05, 0) is 30.5 Å². The summed E-state index contributed by atoms with van der Waals surface area (Å²) >= 11 is 1.35. The predicted molar refractivity (Wildman–Crippen MR) is 76.0 cm³/mol. The van der Waals surface area contributed by atoms with Crippen LogP contribution in [0.5, 0.6) is 0 Å². The van der Waals surface area contributed by atoms with E-state index in [1.165, 1.54) is 23.9 Å². The van der Waals surface area contributed by atoms with Gasteiger partial charge in [0, 0.05) is 23.8 Å². The van der Waals surface area contributed by atoms with Gasteiger partial charge in [0.2, 0.25) is 0 Å². The summed E-state index contributed by atoms with van der Waals surface area (Å²) in [6.07, 6.45) is -3.45. The highest BCUT2D eigenvalue weighted by Gasteiger charge is 2.33. The Morgan fingerprint density at radius 3 is 2.60 bits per heavy atom. The number of hydrogen-bond donors (Lipinski definition) is 1. The maximum Gasteiger partial charge on any atom is 0.416 e. The van der Waals surface area contributed by atoms with Crippen LogP contribution in [0, 0.1) is 0 Å². The van der Waals surface area contributed by atoms with Gasteiger partial charge in [-0.2, -0.15) is 13.2 Å². The fourth-order valence-electron chi connectivity index (χ4n) is 1.76. The van der Waals surface area contributed by atoms with E-state index in [1.54, 1.807) is 13.2 Å². The molecule has 0 saturated carbocycles. The van der Waals surface area contributed by atoms with Crippen molar-refractivity contribution in [3.05, 3.63) is 29.3 Å². The zero-order chi connectivity index (χ0) is 15.2. The second-order valence-electron chi connectivity index (χ2n) is 4.53. The van der Waals surface area contributed by atoms with Gasteiger partial charge in [0.1, 0.15) is 0 Å². The number of nitrogens with two attached hydrogens (primary N) is 1. The van der Waals surface area contributed by atoms with E-state index in [2.05, 4.69) is 0 Å². The van der Waals surface area contributed by atoms with Crippen LogP contribution < -0.4 is 5.73 Å². The Morgan fingerprint density at radius 1 is 1.35 bits per heavy atom. The summed E-state index contributed by atoms with van der Waals surface area (Å²) in [5, 5.41) is 0. The van der Waals surface area contributed by atoms with Crippen molar-refractivity contribution in [2.45, 2.75) is 36.9 Å². The maximum absolute atomic E-state index is 13.1. The summed E-state index contributed by atoms with van der Waals surface area (Å²) in [7, 11) is 1.57. The van der Waals surface area contributed by atoms with Crippen molar-refractivity contribution in [1.82, 2.24) is 0 Å². The number of hydrogen-bond acceptors (Lipinski definition) is 3. The molecule has 1 rings (SSSR count). The quantitative estimate of drug-likeness (QED) is 0.616. The first kappa shape index (κ1) is 17.3. The molecule has 0 heterocycles. The van der Waals surface area contributed by atoms with Gasteiger partial charge in [-0.3, -0.25) is 0 Å². The fourth-order valence-corrected chi connectivity index (χ4v) is 2.61. The van der Waals surface area contributed by atoms with E-state index in [1.807, 2.05) is 6.92 Å². The number of thioether (sulfide) groups is 1. The van der Waals surface area contributed by atoms with Gasteiger partial charge in [0.25, 0.3) is 0 Å². The van der Waals surface area contributed by atoms with E-state index < -0.39 is 11.7 Å². The zero-order valence-electron chi connectivity index (χ0n) is 11.7. The molecular weight excluding hydrogens is 287 g/mol. The fraction of sp³-hybridized carbons (Fsp3) is 0.571. The smallest absolute Gasteiger partial charge is 0.384 e. The summed E-state index contributed by atoms with van der Waals surface area (Å²) in [6, 6.07) is 4.21. The molecule has 0 amide bonds. The lowest BCUT2D eigenvalue weighted by atomic mass is 9.99. The van der Waals surface area contributed by atoms with Gasteiger partial charge >= 0.3 is 6.18 Å². The third kappa shape index (κ3) is 5.34. The number of halogens is 3. The highest BCUT2D eigenvalue weighted by Crippen LogP contribution is 2.35. The molecule has 6 heteroatoms. The third-order valence-corrected chi connectivity index (χ3v) is 3.91. The van der Waals surface area contributed by atoms with Gasteiger partial charge in [-0.25, -0.2) is 0 Å². The van der Waals surface area contributed by atoms with Crippen LogP contribution in [0.4, 0.5) is 13.2 Å². The topological polar surface area (TPSA) is 35.2 Å². The van der Waals surface area contributed by atoms with E-state index in [4.69, 9.17) is 10.5 Å². The minimum atomic E-state index is -4.35. The highest BCUT2D eigenvalue weighted by molar-refractivity contribution is 7.99. The summed E-state index contributed by atoms with van der Waals surface area (Å²) in [5.41, 5.74) is 5.45. The van der Waals surface area contributed by atoms with Crippen molar-refractivity contribution in [1.29, 1.82) is 0 Å². The van der Waals surface area contributed by atoms with E-state index >= 15 is 0 Å². The Kier molecular flexibility index (Phi) is 6.85. The van der Waals surface area contributed by atoms with E-state index in [0.29, 0.717) is 23.7 Å². The van der Waals surface area contributed by atoms with Gasteiger partial charge < -0.3 is 10.5 Å². The molecule has 2 nitrogen and oxygen atoms in total. The summed E-state index contributed by atoms with van der Waals surface area (Å²) in [5.74, 6) is 0.627. The van der Waals surface area contributed by atoms with Gasteiger partial charge in [-0.15, -0.1) is 11.8 Å². The molecule has 1 atom stereocenters. The Bertz CT molecular complexity index is 423. The number of methoxy groups -OCH3 is 1. The first-order valence-electron chi connectivity index (χ1n) is 6.46. The highest BCUT2D eigenvalue weighted by atomic mass is 32.2. The molecule has 2 N–H and O–H groups in total. The second-order valence-corrected chi connectivity index (χ2v) is 5.70. The zero-order valence-corrected chi connectivity index (χ0v) is 12.5. The van der Waals surface area contributed by atoms with Crippen molar-refractivity contribution in [2.75, 3.05) is 19.5 Å². The van der Waals surface area contributed by atoms with Crippen molar-refractivity contribution < 1.29 is 17.9 Å². The monoisotopic (exact) mass is 307 g/mol. The SMILES string of the molecule is CCC(N)Cc1ccc(SCCOC)cc1C(F)(F)F. The minimum absolute atomic E-state index is 0.244. The Labute approximate surface area is 121 Å². The van der Waals surface area contributed by atoms with Crippen molar-refractivity contribution in [3.8, 4) is 0 Å². The molecule has 0 aromatic heterocycles. The number of rotatable bonds is 7. The van der Waals surface area contributed by atoms with Gasteiger partial charge in [0.05, 0.1) is 12.2 Å². The number of ether oxygens (including phenoxy) is 1. The molecule has 0 aliphatic heterocycles. The Morgan fingerprint density at radius 2 is 2.05 bits per heavy atom. The molecule has 0 fully saturated rings. The molecule has 0 aliphatic rings. The van der Waals surface area contributed by atoms with E-state index in [9.17, 15) is 13.2 Å². The molecular formula is C14H20F3NOS. The first-order chi connectivity index (χ1) is 9.38. The van der Waals surface area contributed by atoms with Gasteiger partial charge in [0.15, 0.2) is 0 Å². The molecule has 0 saturated heterocycles. The van der Waals surface area contributed by atoms with Gasteiger partial charge in [-0.1, -0.05) is 13.0 Å². The molecule has 0 aliphatic carbocycles. The third-order valence-electron chi connectivity index (χ3n) is 2.95. The largest absolute Gasteiger partial charge is 0.416 e. The summed E-state index contributed by atoms with van der Waals surface area (Å²) in [4.78, 5) is 0.600. The van der Waals surface area contributed by atoms with E-state index in [-0.39, 0.29) is 18.0 Å². The Balaban J connectivity index is 2.95. The van der Waals surface area contributed by atoms with E-state index in [0.717, 1.165) is 0 Å². The van der Waals surface area contributed by atoms with Crippen LogP contribution in [-0.2, 0) is 17.3 Å². The molecule has 0 spiro atoms. The van der Waals surface area contributed by atoms with Crippen LogP contribution in [-0.4, -0.2) is 25.5 Å². The van der Waals surface area contributed by atoms with Crippen molar-refractivity contribution in [3.63, 3.8) is 0 Å². The molecule has 0 radical (unpaired) electrons. The first-order valence-corrected chi connectivity index (χ1v) is 7.44. The van der Waals surface area contributed by atoms with Crippen LogP contribution >= 0.6 is 11.8 Å². The average Bonchev–Trinajstić information content (AvgIpc) is 2.39. The molecule has 20 heavy (non-hydrogen) atoms. The molecule has 1 aromatic carbocycles. The molecule has 0 bridgehead atoms. The predicted octanol–water partition coefficient (Wildman–Crippen LogP) is 3.72. The minimum Gasteiger partial charge on any atom is -0.384 e. The molecule has 1 aromatic rings. The van der Waals surface area contributed by atoms with Crippen LogP contribution in [0.25, 0.3) is 0 Å². The van der Waals surface area contributed by atoms with Crippen molar-refractivity contribution in [2.24, 2.45) is 5.73 Å². The number of benzene rings is 1.